The zero-order chi connectivity index (χ0) is 16.6. The van der Waals surface area contributed by atoms with Crippen molar-refractivity contribution in [3.8, 4) is 22.8 Å². The molecule has 9 heteroatoms. The Bertz CT molecular complexity index is 846. The molecule has 0 unspecified atom stereocenters. The van der Waals surface area contributed by atoms with Crippen LogP contribution in [0, 0.1) is 0 Å². The number of H-pyrrole nitrogens is 1. The van der Waals surface area contributed by atoms with Crippen LogP contribution >= 0.6 is 0 Å². The molecule has 1 aliphatic rings. The van der Waals surface area contributed by atoms with Gasteiger partial charge in [0.1, 0.15) is 11.8 Å². The van der Waals surface area contributed by atoms with E-state index in [0.29, 0.717) is 22.8 Å². The summed E-state index contributed by atoms with van der Waals surface area (Å²) in [5.74, 6) is -0.239. The Morgan fingerprint density at radius 1 is 1.30 bits per heavy atom. The number of nitrogens with one attached hydrogen (secondary N) is 1. The van der Waals surface area contributed by atoms with Crippen molar-refractivity contribution >= 4 is 15.8 Å². The van der Waals surface area contributed by atoms with E-state index in [9.17, 15) is 13.2 Å². The maximum absolute atomic E-state index is 11.2. The Labute approximate surface area is 132 Å². The highest BCUT2D eigenvalue weighted by Gasteiger charge is 2.35. The SMILES string of the molecule is COc1cc(-c2cc(C(=O)O)[nH]n2)ccc1OC1CS(=O)(=O)C1. The third kappa shape index (κ3) is 3.14. The monoisotopic (exact) mass is 338 g/mol. The zero-order valence-corrected chi connectivity index (χ0v) is 13.0. The Balaban J connectivity index is 1.82. The normalized spacial score (nSPS) is 16.6. The maximum atomic E-state index is 11.2. The van der Waals surface area contributed by atoms with E-state index in [4.69, 9.17) is 14.6 Å². The van der Waals surface area contributed by atoms with Crippen molar-refractivity contribution in [2.24, 2.45) is 0 Å². The maximum Gasteiger partial charge on any atom is 0.353 e. The fourth-order valence-electron chi connectivity index (χ4n) is 2.27. The van der Waals surface area contributed by atoms with E-state index in [1.165, 1.54) is 13.2 Å². The van der Waals surface area contributed by atoms with E-state index < -0.39 is 15.8 Å². The predicted molar refractivity (Wildman–Crippen MR) is 80.6 cm³/mol. The molecule has 8 nitrogen and oxygen atoms in total. The van der Waals surface area contributed by atoms with Crippen molar-refractivity contribution in [1.29, 1.82) is 0 Å². The average molecular weight is 338 g/mol. The summed E-state index contributed by atoms with van der Waals surface area (Å²) in [5, 5.41) is 15.3. The highest BCUT2D eigenvalue weighted by Crippen LogP contribution is 2.34. The molecule has 0 spiro atoms. The highest BCUT2D eigenvalue weighted by molar-refractivity contribution is 7.92. The predicted octanol–water partition coefficient (Wildman–Crippen LogP) is 0.959. The Hall–Kier alpha value is -2.55. The number of benzene rings is 1. The molecular weight excluding hydrogens is 324 g/mol. The molecule has 2 aromatic rings. The molecule has 0 aliphatic carbocycles. The van der Waals surface area contributed by atoms with E-state index in [-0.39, 0.29) is 23.3 Å². The number of ether oxygens (including phenoxy) is 2. The van der Waals surface area contributed by atoms with Crippen LogP contribution in [0.4, 0.5) is 0 Å². The molecule has 3 rings (SSSR count). The quantitative estimate of drug-likeness (QED) is 0.833. The van der Waals surface area contributed by atoms with Crippen LogP contribution in [0.15, 0.2) is 24.3 Å². The number of rotatable bonds is 5. The Morgan fingerprint density at radius 3 is 2.61 bits per heavy atom. The van der Waals surface area contributed by atoms with Crippen LogP contribution < -0.4 is 9.47 Å². The minimum absolute atomic E-state index is 0.000751. The molecule has 0 radical (unpaired) electrons. The van der Waals surface area contributed by atoms with Crippen LogP contribution in [0.3, 0.4) is 0 Å². The van der Waals surface area contributed by atoms with Crippen molar-refractivity contribution in [1.82, 2.24) is 10.2 Å². The second-order valence-electron chi connectivity index (χ2n) is 5.15. The summed E-state index contributed by atoms with van der Waals surface area (Å²) in [7, 11) is -1.49. The first-order valence-corrected chi connectivity index (χ1v) is 8.54. The van der Waals surface area contributed by atoms with Crippen LogP contribution in [0.5, 0.6) is 11.5 Å². The lowest BCUT2D eigenvalue weighted by Gasteiger charge is -2.27. The van der Waals surface area contributed by atoms with Gasteiger partial charge in [-0.05, 0) is 24.3 Å². The summed E-state index contributed by atoms with van der Waals surface area (Å²) in [4.78, 5) is 10.9. The van der Waals surface area contributed by atoms with Crippen LogP contribution in [-0.4, -0.2) is 54.4 Å². The van der Waals surface area contributed by atoms with E-state index in [0.717, 1.165) is 0 Å². The minimum Gasteiger partial charge on any atom is -0.493 e. The molecule has 0 bridgehead atoms. The number of aromatic nitrogens is 2. The smallest absolute Gasteiger partial charge is 0.353 e. The topological polar surface area (TPSA) is 119 Å². The summed E-state index contributed by atoms with van der Waals surface area (Å²) in [6.07, 6.45) is -0.372. The Morgan fingerprint density at radius 2 is 2.04 bits per heavy atom. The summed E-state index contributed by atoms with van der Waals surface area (Å²) >= 11 is 0. The molecule has 1 fully saturated rings. The van der Waals surface area contributed by atoms with Gasteiger partial charge < -0.3 is 14.6 Å². The molecule has 0 saturated carbocycles. The van der Waals surface area contributed by atoms with E-state index in [1.807, 2.05) is 0 Å². The number of methoxy groups -OCH3 is 1. The number of carboxylic acids is 1. The average Bonchev–Trinajstić information content (AvgIpc) is 2.95. The van der Waals surface area contributed by atoms with Crippen LogP contribution in [0.25, 0.3) is 11.3 Å². The number of aromatic amines is 1. The van der Waals surface area contributed by atoms with Crippen LogP contribution in [0.2, 0.25) is 0 Å². The summed E-state index contributed by atoms with van der Waals surface area (Å²) in [6.45, 7) is 0. The lowest BCUT2D eigenvalue weighted by Crippen LogP contribution is -2.45. The van der Waals surface area contributed by atoms with Crippen molar-refractivity contribution in [3.63, 3.8) is 0 Å². The molecule has 1 aliphatic heterocycles. The van der Waals surface area contributed by atoms with Gasteiger partial charge in [0.15, 0.2) is 21.3 Å². The Kier molecular flexibility index (Phi) is 3.72. The van der Waals surface area contributed by atoms with Crippen molar-refractivity contribution in [2.75, 3.05) is 18.6 Å². The van der Waals surface area contributed by atoms with Gasteiger partial charge in [-0.3, -0.25) is 5.10 Å². The van der Waals surface area contributed by atoms with Gasteiger partial charge in [0.2, 0.25) is 0 Å². The van der Waals surface area contributed by atoms with Crippen LogP contribution in [-0.2, 0) is 9.84 Å². The van der Waals surface area contributed by atoms with Gasteiger partial charge in [0, 0.05) is 5.56 Å². The summed E-state index contributed by atoms with van der Waals surface area (Å²) in [6, 6.07) is 6.42. The molecule has 1 aromatic carbocycles. The number of nitrogens with zero attached hydrogens (tertiary/aromatic N) is 1. The third-order valence-electron chi connectivity index (χ3n) is 3.44. The largest absolute Gasteiger partial charge is 0.493 e. The summed E-state index contributed by atoms with van der Waals surface area (Å²) in [5.41, 5.74) is 1.09. The van der Waals surface area contributed by atoms with Gasteiger partial charge in [0.05, 0.1) is 24.3 Å². The number of carbonyl (C=O) groups is 1. The first-order chi connectivity index (χ1) is 10.9. The molecule has 1 aromatic heterocycles. The molecular formula is C14H14N2O6S. The molecule has 1 saturated heterocycles. The van der Waals surface area contributed by atoms with Gasteiger partial charge in [-0.1, -0.05) is 0 Å². The molecule has 2 N–H and O–H groups in total. The number of hydrogen-bond acceptors (Lipinski definition) is 6. The summed E-state index contributed by atoms with van der Waals surface area (Å²) < 4.78 is 33.2. The fraction of sp³-hybridized carbons (Fsp3) is 0.286. The second kappa shape index (κ2) is 5.58. The third-order valence-corrected chi connectivity index (χ3v) is 5.20. The van der Waals surface area contributed by atoms with E-state index in [2.05, 4.69) is 10.2 Å². The standard InChI is InChI=1S/C14H14N2O6S/c1-21-13-4-8(10-5-11(14(17)18)16-15-10)2-3-12(13)22-9-6-23(19,20)7-9/h2-5,9H,6-7H2,1H3,(H,15,16)(H,17,18). The molecule has 122 valence electrons. The lowest BCUT2D eigenvalue weighted by atomic mass is 10.1. The van der Waals surface area contributed by atoms with Gasteiger partial charge >= 0.3 is 5.97 Å². The second-order valence-corrected chi connectivity index (χ2v) is 7.31. The van der Waals surface area contributed by atoms with Crippen molar-refractivity contribution in [3.05, 3.63) is 30.0 Å². The van der Waals surface area contributed by atoms with Crippen molar-refractivity contribution in [2.45, 2.75) is 6.10 Å². The first-order valence-electron chi connectivity index (χ1n) is 6.72. The molecule has 0 amide bonds. The van der Waals surface area contributed by atoms with Gasteiger partial charge in [-0.2, -0.15) is 5.10 Å². The lowest BCUT2D eigenvalue weighted by molar-refractivity contribution is 0.0690. The van der Waals surface area contributed by atoms with Crippen LogP contribution in [0.1, 0.15) is 10.5 Å². The van der Waals surface area contributed by atoms with Crippen molar-refractivity contribution < 1.29 is 27.8 Å². The van der Waals surface area contributed by atoms with Gasteiger partial charge in [-0.25, -0.2) is 13.2 Å². The zero-order valence-electron chi connectivity index (χ0n) is 12.1. The number of hydrogen-bond donors (Lipinski definition) is 2. The highest BCUT2D eigenvalue weighted by atomic mass is 32.2. The van der Waals surface area contributed by atoms with Gasteiger partial charge in [-0.15, -0.1) is 0 Å². The van der Waals surface area contributed by atoms with E-state index in [1.54, 1.807) is 18.2 Å². The minimum atomic E-state index is -2.96. The molecule has 2 heterocycles. The molecule has 23 heavy (non-hydrogen) atoms. The number of carboxylic acid groups (broad SMARTS) is 1. The number of aromatic carboxylic acids is 1. The first kappa shape index (κ1) is 15.3. The molecule has 0 atom stereocenters. The van der Waals surface area contributed by atoms with Gasteiger partial charge in [0.25, 0.3) is 0 Å². The number of sulfone groups is 1. The fourth-order valence-corrected chi connectivity index (χ4v) is 3.44. The van der Waals surface area contributed by atoms with E-state index >= 15 is 0 Å².